The Labute approximate surface area is 199 Å². The first-order chi connectivity index (χ1) is 15.8. The Hall–Kier alpha value is -3.37. The van der Waals surface area contributed by atoms with Crippen LogP contribution in [-0.4, -0.2) is 45.4 Å². The van der Waals surface area contributed by atoms with Crippen LogP contribution >= 0.6 is 24.0 Å². The van der Waals surface area contributed by atoms with Gasteiger partial charge in [0.05, 0.1) is 17.0 Å². The molecule has 8 nitrogen and oxygen atoms in total. The zero-order chi connectivity index (χ0) is 23.3. The molecule has 0 radical (unpaired) electrons. The monoisotopic (exact) mass is 480 g/mol. The maximum atomic E-state index is 13.3. The molecule has 4 heterocycles. The fraction of sp³-hybridized carbons (Fsp3) is 0.217. The third-order valence-electron chi connectivity index (χ3n) is 5.41. The highest BCUT2D eigenvalue weighted by atomic mass is 32.2. The molecule has 0 N–H and O–H groups in total. The van der Waals surface area contributed by atoms with Gasteiger partial charge >= 0.3 is 0 Å². The molecule has 0 bridgehead atoms. The fourth-order valence-corrected chi connectivity index (χ4v) is 4.99. The summed E-state index contributed by atoms with van der Waals surface area (Å²) in [6.07, 6.45) is 3.28. The number of amides is 1. The third-order valence-corrected chi connectivity index (χ3v) is 6.79. The van der Waals surface area contributed by atoms with Crippen molar-refractivity contribution in [1.29, 1.82) is 0 Å². The highest BCUT2D eigenvalue weighted by Gasteiger charge is 2.33. The Morgan fingerprint density at radius 3 is 2.79 bits per heavy atom. The van der Waals surface area contributed by atoms with Crippen LogP contribution in [0.15, 0.2) is 46.2 Å². The molecule has 5 rings (SSSR count). The highest BCUT2D eigenvalue weighted by Crippen LogP contribution is 2.36. The molecular formula is C23H20N4O4S2. The van der Waals surface area contributed by atoms with Crippen molar-refractivity contribution < 1.29 is 14.3 Å². The zero-order valence-corrected chi connectivity index (χ0v) is 19.8. The van der Waals surface area contributed by atoms with Crippen molar-refractivity contribution in [1.82, 2.24) is 14.3 Å². The van der Waals surface area contributed by atoms with Crippen LogP contribution in [0.25, 0.3) is 11.7 Å². The summed E-state index contributed by atoms with van der Waals surface area (Å²) in [5.74, 6) is 1.57. The molecule has 2 aromatic heterocycles. The molecule has 0 atom stereocenters. The van der Waals surface area contributed by atoms with Crippen molar-refractivity contribution in [3.05, 3.63) is 68.5 Å². The lowest BCUT2D eigenvalue weighted by Gasteiger charge is -2.16. The van der Waals surface area contributed by atoms with Gasteiger partial charge in [0.1, 0.15) is 15.8 Å². The number of aryl methyl sites for hydroxylation is 1. The minimum absolute atomic E-state index is 0.186. The van der Waals surface area contributed by atoms with Gasteiger partial charge in [-0.1, -0.05) is 36.1 Å². The number of hydrogen-bond acceptors (Lipinski definition) is 8. The van der Waals surface area contributed by atoms with Gasteiger partial charge in [-0.15, -0.1) is 0 Å². The number of thioether (sulfide) groups is 1. The van der Waals surface area contributed by atoms with E-state index in [0.29, 0.717) is 44.3 Å². The first-order valence-corrected chi connectivity index (χ1v) is 11.4. The Bertz CT molecular complexity index is 1410. The maximum absolute atomic E-state index is 13.3. The lowest BCUT2D eigenvalue weighted by Crippen LogP contribution is -2.27. The Kier molecular flexibility index (Phi) is 5.34. The summed E-state index contributed by atoms with van der Waals surface area (Å²) in [5, 5.41) is 0. The number of benzene rings is 1. The van der Waals surface area contributed by atoms with Gasteiger partial charge in [-0.3, -0.25) is 18.9 Å². The molecule has 1 amide bonds. The molecule has 2 aliphatic heterocycles. The van der Waals surface area contributed by atoms with Gasteiger partial charge in [-0.25, -0.2) is 4.98 Å². The molecule has 33 heavy (non-hydrogen) atoms. The topological polar surface area (TPSA) is 76.4 Å². The molecule has 10 heteroatoms. The van der Waals surface area contributed by atoms with E-state index in [1.54, 1.807) is 23.2 Å². The largest absolute Gasteiger partial charge is 0.454 e. The van der Waals surface area contributed by atoms with Crippen molar-refractivity contribution in [2.75, 3.05) is 25.8 Å². The number of rotatable bonds is 4. The Morgan fingerprint density at radius 1 is 1.21 bits per heavy atom. The minimum Gasteiger partial charge on any atom is -0.454 e. The number of carbonyl (C=O) groups is 1. The average molecular weight is 481 g/mol. The van der Waals surface area contributed by atoms with E-state index in [1.165, 1.54) is 21.1 Å². The van der Waals surface area contributed by atoms with E-state index >= 15 is 0 Å². The number of nitrogens with zero attached hydrogens (tertiary/aromatic N) is 4. The summed E-state index contributed by atoms with van der Waals surface area (Å²) in [7, 11) is 3.64. The maximum Gasteiger partial charge on any atom is 0.267 e. The second kappa shape index (κ2) is 8.20. The number of fused-ring (bicyclic) bond motifs is 2. The van der Waals surface area contributed by atoms with E-state index in [-0.39, 0.29) is 18.3 Å². The molecule has 1 fully saturated rings. The third kappa shape index (κ3) is 3.75. The fourth-order valence-electron chi connectivity index (χ4n) is 3.76. The highest BCUT2D eigenvalue weighted by molar-refractivity contribution is 8.26. The second-order valence-electron chi connectivity index (χ2n) is 7.89. The van der Waals surface area contributed by atoms with Crippen LogP contribution in [0.1, 0.15) is 16.7 Å². The Morgan fingerprint density at radius 2 is 2.00 bits per heavy atom. The first-order valence-electron chi connectivity index (χ1n) is 10.2. The van der Waals surface area contributed by atoms with Crippen LogP contribution in [0.2, 0.25) is 0 Å². The number of carbonyl (C=O) groups excluding carboxylic acids is 1. The molecule has 0 unspecified atom stereocenters. The van der Waals surface area contributed by atoms with Crippen molar-refractivity contribution in [3.63, 3.8) is 0 Å². The van der Waals surface area contributed by atoms with Gasteiger partial charge in [0.15, 0.2) is 11.5 Å². The summed E-state index contributed by atoms with van der Waals surface area (Å²) < 4.78 is 12.7. The van der Waals surface area contributed by atoms with Crippen LogP contribution in [-0.2, 0) is 11.3 Å². The standard InChI is InChI=1S/C23H20N4O4S2/c1-13-5-4-8-26-19(13)24-20(25(2)3)15(21(26)28)10-18-22(29)27(23(32)33-18)11-14-6-7-16-17(9-14)31-12-30-16/h4-10H,11-12H2,1-3H3. The van der Waals surface area contributed by atoms with E-state index in [0.717, 1.165) is 11.1 Å². The number of thiocarbonyl (C=S) groups is 1. The molecule has 0 aliphatic carbocycles. The van der Waals surface area contributed by atoms with Gasteiger partial charge in [0.25, 0.3) is 11.5 Å². The van der Waals surface area contributed by atoms with E-state index in [2.05, 4.69) is 0 Å². The van der Waals surface area contributed by atoms with E-state index in [1.807, 2.05) is 45.3 Å². The summed E-state index contributed by atoms with van der Waals surface area (Å²) in [5.41, 5.74) is 2.44. The molecule has 3 aromatic rings. The SMILES string of the molecule is Cc1cccn2c(=O)c(C=C3SC(=S)N(Cc4ccc5c(c4)OCO5)C3=O)c(N(C)C)nc12. The van der Waals surface area contributed by atoms with Crippen molar-refractivity contribution in [3.8, 4) is 11.5 Å². The van der Waals surface area contributed by atoms with E-state index in [9.17, 15) is 9.59 Å². The van der Waals surface area contributed by atoms with Crippen LogP contribution in [0.5, 0.6) is 11.5 Å². The van der Waals surface area contributed by atoms with E-state index < -0.39 is 0 Å². The van der Waals surface area contributed by atoms with Crippen LogP contribution < -0.4 is 19.9 Å². The lowest BCUT2D eigenvalue weighted by atomic mass is 10.2. The summed E-state index contributed by atoms with van der Waals surface area (Å²) in [6, 6.07) is 9.24. The predicted molar refractivity (Wildman–Crippen MR) is 132 cm³/mol. The summed E-state index contributed by atoms with van der Waals surface area (Å²) in [4.78, 5) is 34.9. The smallest absolute Gasteiger partial charge is 0.267 e. The zero-order valence-electron chi connectivity index (χ0n) is 18.2. The molecule has 2 aliphatic rings. The Balaban J connectivity index is 1.52. The molecule has 0 saturated carbocycles. The van der Waals surface area contributed by atoms with Gasteiger partial charge in [-0.05, 0) is 42.3 Å². The number of anilines is 1. The average Bonchev–Trinajstić information content (AvgIpc) is 3.35. The van der Waals surface area contributed by atoms with Gasteiger partial charge in [0.2, 0.25) is 6.79 Å². The number of hydrogen-bond donors (Lipinski definition) is 0. The molecule has 0 spiro atoms. The van der Waals surface area contributed by atoms with Crippen LogP contribution in [0.3, 0.4) is 0 Å². The van der Waals surface area contributed by atoms with Gasteiger partial charge < -0.3 is 14.4 Å². The van der Waals surface area contributed by atoms with Crippen molar-refractivity contribution in [2.45, 2.75) is 13.5 Å². The number of aromatic nitrogens is 2. The second-order valence-corrected chi connectivity index (χ2v) is 9.56. The van der Waals surface area contributed by atoms with Crippen molar-refractivity contribution in [2.24, 2.45) is 0 Å². The molecular weight excluding hydrogens is 460 g/mol. The minimum atomic E-state index is -0.249. The van der Waals surface area contributed by atoms with Gasteiger partial charge in [-0.2, -0.15) is 0 Å². The van der Waals surface area contributed by atoms with Gasteiger partial charge in [0, 0.05) is 20.3 Å². The number of pyridine rings is 1. The molecule has 168 valence electrons. The summed E-state index contributed by atoms with van der Waals surface area (Å²) in [6.45, 7) is 2.39. The molecule has 1 aromatic carbocycles. The first kappa shape index (κ1) is 21.5. The normalized spacial score (nSPS) is 16.3. The molecule has 1 saturated heterocycles. The predicted octanol–water partition coefficient (Wildman–Crippen LogP) is 3.20. The summed E-state index contributed by atoms with van der Waals surface area (Å²) >= 11 is 6.66. The number of ether oxygens (including phenoxy) is 2. The lowest BCUT2D eigenvalue weighted by molar-refractivity contribution is -0.122. The van der Waals surface area contributed by atoms with E-state index in [4.69, 9.17) is 26.7 Å². The van der Waals surface area contributed by atoms with Crippen LogP contribution in [0.4, 0.5) is 5.82 Å². The van der Waals surface area contributed by atoms with Crippen molar-refractivity contribution >= 4 is 51.7 Å². The quantitative estimate of drug-likeness (QED) is 0.416. The van der Waals surface area contributed by atoms with Crippen LogP contribution in [0, 0.1) is 6.92 Å².